The summed E-state index contributed by atoms with van der Waals surface area (Å²) in [6.07, 6.45) is 9.37. The van der Waals surface area contributed by atoms with E-state index in [1.807, 2.05) is 23.0 Å². The molecule has 1 N–H and O–H groups in total. The fourth-order valence-electron chi connectivity index (χ4n) is 3.39. The van der Waals surface area contributed by atoms with Gasteiger partial charge in [0, 0.05) is 25.4 Å². The number of hydrogen-bond acceptors (Lipinski definition) is 5. The zero-order chi connectivity index (χ0) is 20.8. The normalized spacial score (nSPS) is 13.5. The minimum atomic E-state index is -0.372. The molecule has 0 bridgehead atoms. The first-order valence-electron chi connectivity index (χ1n) is 10.6. The molecule has 2 aromatic heterocycles. The van der Waals surface area contributed by atoms with Crippen molar-refractivity contribution in [1.82, 2.24) is 24.5 Å². The van der Waals surface area contributed by atoms with Crippen LogP contribution in [0, 0.1) is 5.92 Å². The van der Waals surface area contributed by atoms with Crippen molar-refractivity contribution in [2.45, 2.75) is 51.6 Å². The van der Waals surface area contributed by atoms with Crippen molar-refractivity contribution < 1.29 is 4.74 Å². The number of hydrogen-bond donors (Lipinski definition) is 1. The molecule has 2 heterocycles. The van der Waals surface area contributed by atoms with Gasteiger partial charge in [0.15, 0.2) is 0 Å². The highest BCUT2D eigenvalue weighted by molar-refractivity contribution is 5.29. The molecule has 3 aromatic rings. The maximum Gasteiger partial charge on any atom is 0.328 e. The lowest BCUT2D eigenvalue weighted by Crippen LogP contribution is -2.28. The molecule has 8 nitrogen and oxygen atoms in total. The Hall–Kier alpha value is -3.16. The zero-order valence-electron chi connectivity index (χ0n) is 17.0. The van der Waals surface area contributed by atoms with Crippen LogP contribution in [0.25, 0.3) is 0 Å². The van der Waals surface area contributed by atoms with Crippen molar-refractivity contribution in [3.05, 3.63) is 74.8 Å². The third-order valence-electron chi connectivity index (χ3n) is 5.36. The van der Waals surface area contributed by atoms with E-state index in [0.717, 1.165) is 56.2 Å². The van der Waals surface area contributed by atoms with Crippen LogP contribution in [-0.4, -0.2) is 31.2 Å². The maximum absolute atomic E-state index is 11.7. The molecule has 0 saturated heterocycles. The summed E-state index contributed by atoms with van der Waals surface area (Å²) in [5.74, 6) is 1.69. The Morgan fingerprint density at radius 1 is 1.10 bits per heavy atom. The summed E-state index contributed by atoms with van der Waals surface area (Å²) in [6.45, 7) is 2.14. The largest absolute Gasteiger partial charge is 0.493 e. The molecule has 0 unspecified atom stereocenters. The second-order valence-corrected chi connectivity index (χ2v) is 7.86. The fourth-order valence-corrected chi connectivity index (χ4v) is 3.39. The van der Waals surface area contributed by atoms with Gasteiger partial charge in [0.05, 0.1) is 18.5 Å². The number of nitrogens with zero attached hydrogens (tertiary/aromatic N) is 4. The number of aromatic nitrogens is 5. The number of rotatable bonds is 11. The number of H-pyrrole nitrogens is 1. The van der Waals surface area contributed by atoms with Gasteiger partial charge in [-0.3, -0.25) is 9.78 Å². The summed E-state index contributed by atoms with van der Waals surface area (Å²) in [6, 6.07) is 9.68. The van der Waals surface area contributed by atoms with Crippen molar-refractivity contribution in [3.63, 3.8) is 0 Å². The summed E-state index contributed by atoms with van der Waals surface area (Å²) in [5.41, 5.74) is 1.60. The van der Waals surface area contributed by atoms with Gasteiger partial charge < -0.3 is 9.30 Å². The number of nitrogens with one attached hydrogen (secondary N) is 1. The molecule has 0 atom stereocenters. The van der Waals surface area contributed by atoms with Gasteiger partial charge in [-0.1, -0.05) is 17.3 Å². The van der Waals surface area contributed by atoms with Gasteiger partial charge in [-0.2, -0.15) is 0 Å². The molecule has 0 aliphatic heterocycles. The quantitative estimate of drug-likeness (QED) is 0.490. The number of unbranched alkanes of at least 4 members (excludes halogenated alkanes) is 1. The van der Waals surface area contributed by atoms with Crippen LogP contribution >= 0.6 is 0 Å². The summed E-state index contributed by atoms with van der Waals surface area (Å²) in [7, 11) is 0. The second kappa shape index (κ2) is 9.56. The maximum atomic E-state index is 11.7. The van der Waals surface area contributed by atoms with Crippen molar-refractivity contribution in [2.24, 2.45) is 5.92 Å². The van der Waals surface area contributed by atoms with Crippen LogP contribution in [0.2, 0.25) is 0 Å². The van der Waals surface area contributed by atoms with Crippen LogP contribution < -0.4 is 16.0 Å². The standard InChI is InChI=1S/C22H27N5O3/c28-21-10-13-26(22(29)24-21)11-1-2-12-27-19(15-23-25-27)9-8-17-4-3-5-20(14-17)30-16-18-6-7-18/h3-5,10,13-15,18H,1-2,6-9,11-12,16H2,(H,24,28,29). The van der Waals surface area contributed by atoms with Gasteiger partial charge in [-0.15, -0.1) is 5.10 Å². The van der Waals surface area contributed by atoms with E-state index >= 15 is 0 Å². The highest BCUT2D eigenvalue weighted by atomic mass is 16.5. The number of aryl methyl sites for hydroxylation is 4. The fraction of sp³-hybridized carbons (Fsp3) is 0.455. The molecule has 1 saturated carbocycles. The zero-order valence-corrected chi connectivity index (χ0v) is 17.0. The lowest BCUT2D eigenvalue weighted by molar-refractivity contribution is 0.299. The molecule has 1 fully saturated rings. The van der Waals surface area contributed by atoms with E-state index in [0.29, 0.717) is 6.54 Å². The molecule has 30 heavy (non-hydrogen) atoms. The summed E-state index contributed by atoms with van der Waals surface area (Å²) in [4.78, 5) is 25.1. The van der Waals surface area contributed by atoms with E-state index in [4.69, 9.17) is 4.74 Å². The van der Waals surface area contributed by atoms with Crippen LogP contribution in [0.5, 0.6) is 5.75 Å². The molecule has 1 aliphatic rings. The first-order valence-corrected chi connectivity index (χ1v) is 10.6. The number of benzene rings is 1. The van der Waals surface area contributed by atoms with E-state index in [-0.39, 0.29) is 11.2 Å². The minimum Gasteiger partial charge on any atom is -0.493 e. The van der Waals surface area contributed by atoms with E-state index in [2.05, 4.69) is 27.4 Å². The minimum absolute atomic E-state index is 0.368. The molecule has 8 heteroatoms. The van der Waals surface area contributed by atoms with Crippen molar-refractivity contribution in [3.8, 4) is 5.75 Å². The molecule has 0 radical (unpaired) electrons. The first kappa shape index (κ1) is 20.1. The highest BCUT2D eigenvalue weighted by Crippen LogP contribution is 2.29. The van der Waals surface area contributed by atoms with E-state index in [9.17, 15) is 9.59 Å². The molecule has 1 aliphatic carbocycles. The van der Waals surface area contributed by atoms with Crippen LogP contribution in [0.4, 0.5) is 0 Å². The Morgan fingerprint density at radius 2 is 1.97 bits per heavy atom. The Bertz CT molecular complexity index is 1080. The molecule has 0 amide bonds. The van der Waals surface area contributed by atoms with E-state index in [1.54, 1.807) is 0 Å². The number of aromatic amines is 1. The average Bonchev–Trinajstić information content (AvgIpc) is 3.47. The predicted molar refractivity (Wildman–Crippen MR) is 113 cm³/mol. The summed E-state index contributed by atoms with van der Waals surface area (Å²) < 4.78 is 9.32. The molecular formula is C22H27N5O3. The van der Waals surface area contributed by atoms with Crippen LogP contribution in [0.3, 0.4) is 0 Å². The van der Waals surface area contributed by atoms with Crippen LogP contribution in [0.1, 0.15) is 36.9 Å². The third kappa shape index (κ3) is 5.68. The smallest absolute Gasteiger partial charge is 0.328 e. The van der Waals surface area contributed by atoms with Crippen molar-refractivity contribution >= 4 is 0 Å². The Labute approximate surface area is 174 Å². The van der Waals surface area contributed by atoms with E-state index in [1.165, 1.54) is 35.2 Å². The Kier molecular flexibility index (Phi) is 6.41. The SMILES string of the molecule is O=c1ccn(CCCCn2nncc2CCc2cccc(OCC3CC3)c2)c(=O)[nH]1. The lowest BCUT2D eigenvalue weighted by atomic mass is 10.1. The Balaban J connectivity index is 1.24. The topological polar surface area (TPSA) is 94.8 Å². The van der Waals surface area contributed by atoms with Crippen LogP contribution in [0.15, 0.2) is 52.3 Å². The van der Waals surface area contributed by atoms with Gasteiger partial charge in [0.25, 0.3) is 5.56 Å². The Morgan fingerprint density at radius 3 is 2.80 bits per heavy atom. The summed E-state index contributed by atoms with van der Waals surface area (Å²) >= 11 is 0. The number of ether oxygens (including phenoxy) is 1. The predicted octanol–water partition coefficient (Wildman–Crippen LogP) is 2.18. The molecule has 1 aromatic carbocycles. The van der Waals surface area contributed by atoms with E-state index < -0.39 is 0 Å². The van der Waals surface area contributed by atoms with Gasteiger partial charge in [-0.05, 0) is 62.1 Å². The lowest BCUT2D eigenvalue weighted by Gasteiger charge is -2.09. The monoisotopic (exact) mass is 409 g/mol. The molecule has 158 valence electrons. The van der Waals surface area contributed by atoms with Gasteiger partial charge >= 0.3 is 5.69 Å². The molecular weight excluding hydrogens is 382 g/mol. The van der Waals surface area contributed by atoms with Crippen molar-refractivity contribution in [2.75, 3.05) is 6.61 Å². The van der Waals surface area contributed by atoms with Gasteiger partial charge in [-0.25, -0.2) is 9.48 Å². The third-order valence-corrected chi connectivity index (χ3v) is 5.36. The highest BCUT2D eigenvalue weighted by Gasteiger charge is 2.21. The van der Waals surface area contributed by atoms with Crippen molar-refractivity contribution in [1.29, 1.82) is 0 Å². The first-order chi connectivity index (χ1) is 14.7. The molecule has 4 rings (SSSR count). The summed E-state index contributed by atoms with van der Waals surface area (Å²) in [5, 5.41) is 8.26. The average molecular weight is 409 g/mol. The molecule has 0 spiro atoms. The van der Waals surface area contributed by atoms with Gasteiger partial charge in [0.2, 0.25) is 0 Å². The second-order valence-electron chi connectivity index (χ2n) is 7.86. The van der Waals surface area contributed by atoms with Crippen LogP contribution in [-0.2, 0) is 25.9 Å². The van der Waals surface area contributed by atoms with Gasteiger partial charge in [0.1, 0.15) is 5.75 Å².